The van der Waals surface area contributed by atoms with E-state index in [0.29, 0.717) is 10.5 Å². The minimum Gasteiger partial charge on any atom is -0.292 e. The first-order valence-electron chi connectivity index (χ1n) is 7.06. The number of Topliss-reactive ketones (excluding diaryl/α,β-unsaturated/α-hetero) is 1. The number of benzene rings is 1. The molecule has 0 atom stereocenters. The largest absolute Gasteiger partial charge is 0.334 e. The van der Waals surface area contributed by atoms with Gasteiger partial charge in [0.2, 0.25) is 0 Å². The number of likely N-dealkylation sites (N-methyl/N-ethyl adjacent to an activating group) is 1. The normalized spacial score (nSPS) is 15.0. The summed E-state index contributed by atoms with van der Waals surface area (Å²) in [6.07, 6.45) is 0. The molecule has 116 valence electrons. The fraction of sp³-hybridized carbons (Fsp3) is 0.375. The van der Waals surface area contributed by atoms with E-state index < -0.39 is 24.4 Å². The number of amides is 4. The molecular formula is C16H18N2O4. The van der Waals surface area contributed by atoms with E-state index in [-0.39, 0.29) is 12.3 Å². The lowest BCUT2D eigenvalue weighted by molar-refractivity contribution is -0.143. The zero-order valence-corrected chi connectivity index (χ0v) is 13.1. The minimum atomic E-state index is -0.942. The van der Waals surface area contributed by atoms with E-state index in [4.69, 9.17) is 0 Å². The fourth-order valence-electron chi connectivity index (χ4n) is 2.81. The summed E-state index contributed by atoms with van der Waals surface area (Å²) < 4.78 is 0. The topological polar surface area (TPSA) is 74.8 Å². The molecule has 0 aliphatic carbocycles. The molecule has 6 nitrogen and oxygen atoms in total. The average Bonchev–Trinajstić information content (AvgIpc) is 2.61. The van der Waals surface area contributed by atoms with Crippen molar-refractivity contribution in [1.82, 2.24) is 9.80 Å². The molecule has 1 aromatic carbocycles. The third-order valence-electron chi connectivity index (χ3n) is 3.71. The Balaban J connectivity index is 2.29. The van der Waals surface area contributed by atoms with Crippen molar-refractivity contribution in [2.24, 2.45) is 0 Å². The van der Waals surface area contributed by atoms with Gasteiger partial charge in [0.1, 0.15) is 0 Å². The Morgan fingerprint density at radius 1 is 0.955 bits per heavy atom. The van der Waals surface area contributed by atoms with Gasteiger partial charge in [-0.15, -0.1) is 0 Å². The maximum atomic E-state index is 12.5. The molecule has 1 heterocycles. The van der Waals surface area contributed by atoms with Crippen LogP contribution in [0.1, 0.15) is 34.0 Å². The fourth-order valence-corrected chi connectivity index (χ4v) is 2.81. The molecular weight excluding hydrogens is 284 g/mol. The number of carbonyl (C=O) groups is 4. The van der Waals surface area contributed by atoms with E-state index in [2.05, 4.69) is 0 Å². The molecule has 0 radical (unpaired) electrons. The Hall–Kier alpha value is -2.50. The zero-order chi connectivity index (χ0) is 16.6. The standard InChI is InChI=1S/C16H18N2O4/c1-5-17-14(20)15(21)18(16(17)22)8-12(19)13-10(3)6-9(2)7-11(13)4/h6-7H,5,8H2,1-4H3. The first kappa shape index (κ1) is 15.9. The monoisotopic (exact) mass is 302 g/mol. The number of carbonyl (C=O) groups excluding carboxylic acids is 4. The first-order valence-corrected chi connectivity index (χ1v) is 7.06. The highest BCUT2D eigenvalue weighted by atomic mass is 16.2. The summed E-state index contributed by atoms with van der Waals surface area (Å²) in [6.45, 7) is 6.85. The van der Waals surface area contributed by atoms with Crippen molar-refractivity contribution in [1.29, 1.82) is 0 Å². The van der Waals surface area contributed by atoms with E-state index in [9.17, 15) is 19.2 Å². The second-order valence-corrected chi connectivity index (χ2v) is 5.42. The van der Waals surface area contributed by atoms with E-state index in [1.807, 2.05) is 32.9 Å². The number of aryl methyl sites for hydroxylation is 3. The maximum absolute atomic E-state index is 12.5. The van der Waals surface area contributed by atoms with Gasteiger partial charge in [0.25, 0.3) is 0 Å². The van der Waals surface area contributed by atoms with Crippen molar-refractivity contribution in [2.45, 2.75) is 27.7 Å². The van der Waals surface area contributed by atoms with E-state index in [1.54, 1.807) is 6.92 Å². The van der Waals surface area contributed by atoms with Crippen molar-refractivity contribution < 1.29 is 19.2 Å². The average molecular weight is 302 g/mol. The molecule has 1 aliphatic rings. The molecule has 0 saturated carbocycles. The molecule has 4 amide bonds. The Morgan fingerprint density at radius 2 is 1.45 bits per heavy atom. The van der Waals surface area contributed by atoms with Crippen molar-refractivity contribution >= 4 is 23.6 Å². The molecule has 0 spiro atoms. The Bertz CT molecular complexity index is 670. The quantitative estimate of drug-likeness (QED) is 0.481. The van der Waals surface area contributed by atoms with Gasteiger partial charge in [-0.2, -0.15) is 0 Å². The number of nitrogens with zero attached hydrogens (tertiary/aromatic N) is 2. The minimum absolute atomic E-state index is 0.108. The van der Waals surface area contributed by atoms with Gasteiger partial charge < -0.3 is 0 Å². The molecule has 1 aromatic rings. The third kappa shape index (κ3) is 2.52. The molecule has 6 heteroatoms. The summed E-state index contributed by atoms with van der Waals surface area (Å²) in [4.78, 5) is 49.5. The van der Waals surface area contributed by atoms with Crippen LogP contribution in [-0.2, 0) is 9.59 Å². The van der Waals surface area contributed by atoms with Gasteiger partial charge in [-0.25, -0.2) is 9.69 Å². The van der Waals surface area contributed by atoms with Gasteiger partial charge in [0.05, 0.1) is 6.54 Å². The third-order valence-corrected chi connectivity index (χ3v) is 3.71. The van der Waals surface area contributed by atoms with Crippen LogP contribution in [0.5, 0.6) is 0 Å². The molecule has 0 unspecified atom stereocenters. The Morgan fingerprint density at radius 3 is 1.91 bits per heavy atom. The summed E-state index contributed by atoms with van der Waals surface area (Å²) in [7, 11) is 0. The second-order valence-electron chi connectivity index (χ2n) is 5.42. The molecule has 0 N–H and O–H groups in total. The molecule has 0 aromatic heterocycles. The van der Waals surface area contributed by atoms with Gasteiger partial charge in [0.15, 0.2) is 5.78 Å². The highest BCUT2D eigenvalue weighted by Crippen LogP contribution is 2.19. The maximum Gasteiger partial charge on any atom is 0.334 e. The lowest BCUT2D eigenvalue weighted by Crippen LogP contribution is -2.37. The lowest BCUT2D eigenvalue weighted by Gasteiger charge is -2.15. The molecule has 1 fully saturated rings. The van der Waals surface area contributed by atoms with Crippen LogP contribution in [0, 0.1) is 20.8 Å². The summed E-state index contributed by atoms with van der Waals surface area (Å²) >= 11 is 0. The molecule has 2 rings (SSSR count). The molecule has 22 heavy (non-hydrogen) atoms. The molecule has 1 aliphatic heterocycles. The summed E-state index contributed by atoms with van der Waals surface area (Å²) in [5.74, 6) is -2.16. The van der Waals surface area contributed by atoms with Crippen LogP contribution in [0.2, 0.25) is 0 Å². The number of ketones is 1. The predicted octanol–water partition coefficient (Wildman–Crippen LogP) is 1.61. The summed E-state index contributed by atoms with van der Waals surface area (Å²) in [5.41, 5.74) is 3.11. The van der Waals surface area contributed by atoms with Crippen LogP contribution in [0.25, 0.3) is 0 Å². The SMILES string of the molecule is CCN1C(=O)C(=O)N(CC(=O)c2c(C)cc(C)cc2C)C1=O. The zero-order valence-electron chi connectivity index (χ0n) is 13.1. The van der Waals surface area contributed by atoms with E-state index in [0.717, 1.165) is 21.6 Å². The number of imide groups is 2. The van der Waals surface area contributed by atoms with Crippen LogP contribution in [-0.4, -0.2) is 46.5 Å². The highest BCUT2D eigenvalue weighted by molar-refractivity contribution is 6.45. The Labute approximate surface area is 128 Å². The van der Waals surface area contributed by atoms with Crippen LogP contribution >= 0.6 is 0 Å². The van der Waals surface area contributed by atoms with Crippen LogP contribution in [0.4, 0.5) is 4.79 Å². The van der Waals surface area contributed by atoms with Crippen molar-refractivity contribution in [3.63, 3.8) is 0 Å². The van der Waals surface area contributed by atoms with Gasteiger partial charge >= 0.3 is 17.8 Å². The first-order chi connectivity index (χ1) is 10.3. The van der Waals surface area contributed by atoms with Crippen LogP contribution < -0.4 is 0 Å². The number of hydrogen-bond acceptors (Lipinski definition) is 4. The second kappa shape index (κ2) is 5.71. The predicted molar refractivity (Wildman–Crippen MR) is 79.5 cm³/mol. The van der Waals surface area contributed by atoms with Crippen LogP contribution in [0.15, 0.2) is 12.1 Å². The number of rotatable bonds is 4. The van der Waals surface area contributed by atoms with E-state index >= 15 is 0 Å². The number of urea groups is 1. The summed E-state index contributed by atoms with van der Waals surface area (Å²) in [5, 5.41) is 0. The lowest BCUT2D eigenvalue weighted by atomic mass is 9.96. The number of hydrogen-bond donors (Lipinski definition) is 0. The van der Waals surface area contributed by atoms with Crippen molar-refractivity contribution in [3.05, 3.63) is 34.4 Å². The van der Waals surface area contributed by atoms with Crippen molar-refractivity contribution in [2.75, 3.05) is 13.1 Å². The highest BCUT2D eigenvalue weighted by Gasteiger charge is 2.44. The van der Waals surface area contributed by atoms with Gasteiger partial charge in [-0.05, 0) is 38.8 Å². The molecule has 1 saturated heterocycles. The summed E-state index contributed by atoms with van der Waals surface area (Å²) in [6, 6.07) is 3.02. The smallest absolute Gasteiger partial charge is 0.292 e. The van der Waals surface area contributed by atoms with Crippen molar-refractivity contribution in [3.8, 4) is 0 Å². The van der Waals surface area contributed by atoms with E-state index in [1.165, 1.54) is 0 Å². The van der Waals surface area contributed by atoms with Crippen LogP contribution in [0.3, 0.4) is 0 Å². The Kier molecular flexibility index (Phi) is 4.12. The van der Waals surface area contributed by atoms with Gasteiger partial charge in [-0.1, -0.05) is 17.7 Å². The van der Waals surface area contributed by atoms with Gasteiger partial charge in [0, 0.05) is 12.1 Å². The van der Waals surface area contributed by atoms with Gasteiger partial charge in [-0.3, -0.25) is 19.3 Å². The molecule has 0 bridgehead atoms.